The zero-order chi connectivity index (χ0) is 10.0. The zero-order valence-electron chi connectivity index (χ0n) is 7.03. The molecular formula is C8H7Br3O2. The normalized spacial score (nSPS) is 9.92. The molecule has 5 heteroatoms. The molecule has 2 nitrogen and oxygen atoms in total. The Balaban J connectivity index is 3.39. The Morgan fingerprint density at radius 2 is 1.62 bits per heavy atom. The molecule has 72 valence electrons. The van der Waals surface area contributed by atoms with Crippen molar-refractivity contribution in [1.29, 1.82) is 0 Å². The SMILES string of the molecule is COc1cc(Br)c(Br)c(Br)c1OC. The number of halogens is 3. The molecule has 0 unspecified atom stereocenters. The van der Waals surface area contributed by atoms with E-state index in [0.717, 1.165) is 13.4 Å². The minimum atomic E-state index is 0.678. The maximum Gasteiger partial charge on any atom is 0.176 e. The minimum Gasteiger partial charge on any atom is -0.493 e. The predicted molar refractivity (Wildman–Crippen MR) is 62.6 cm³/mol. The summed E-state index contributed by atoms with van der Waals surface area (Å²) in [6.45, 7) is 0. The number of methoxy groups -OCH3 is 2. The molecule has 13 heavy (non-hydrogen) atoms. The third-order valence-corrected chi connectivity index (χ3v) is 4.78. The van der Waals surface area contributed by atoms with Crippen LogP contribution in [0.4, 0.5) is 0 Å². The molecule has 1 rings (SSSR count). The summed E-state index contributed by atoms with van der Waals surface area (Å²) < 4.78 is 13.0. The number of hydrogen-bond donors (Lipinski definition) is 0. The van der Waals surface area contributed by atoms with E-state index >= 15 is 0 Å². The Labute approximate surface area is 102 Å². The summed E-state index contributed by atoms with van der Waals surface area (Å²) in [7, 11) is 3.20. The van der Waals surface area contributed by atoms with E-state index in [1.54, 1.807) is 14.2 Å². The first-order valence-corrected chi connectivity index (χ1v) is 5.75. The third-order valence-electron chi connectivity index (χ3n) is 1.51. The molecule has 0 saturated heterocycles. The van der Waals surface area contributed by atoms with Gasteiger partial charge in [0, 0.05) is 8.95 Å². The van der Waals surface area contributed by atoms with Gasteiger partial charge in [-0.1, -0.05) is 0 Å². The maximum atomic E-state index is 5.18. The first-order valence-electron chi connectivity index (χ1n) is 3.37. The van der Waals surface area contributed by atoms with Gasteiger partial charge in [0.25, 0.3) is 0 Å². The van der Waals surface area contributed by atoms with E-state index in [9.17, 15) is 0 Å². The fourth-order valence-corrected chi connectivity index (χ4v) is 2.44. The standard InChI is InChI=1S/C8H7Br3O2/c1-12-5-3-4(9)6(10)7(11)8(5)13-2/h3H,1-2H3. The van der Waals surface area contributed by atoms with E-state index in [-0.39, 0.29) is 0 Å². The van der Waals surface area contributed by atoms with Crippen molar-refractivity contribution in [3.8, 4) is 11.5 Å². The van der Waals surface area contributed by atoms with Crippen LogP contribution in [0.5, 0.6) is 11.5 Å². The first kappa shape index (κ1) is 11.3. The fourth-order valence-electron chi connectivity index (χ4n) is 0.899. The van der Waals surface area contributed by atoms with Crippen LogP contribution in [-0.4, -0.2) is 14.2 Å². The largest absolute Gasteiger partial charge is 0.493 e. The minimum absolute atomic E-state index is 0.678. The fraction of sp³-hybridized carbons (Fsp3) is 0.250. The van der Waals surface area contributed by atoms with Crippen molar-refractivity contribution in [2.75, 3.05) is 14.2 Å². The summed E-state index contributed by atoms with van der Waals surface area (Å²) in [6, 6.07) is 1.84. The van der Waals surface area contributed by atoms with Crippen molar-refractivity contribution in [3.63, 3.8) is 0 Å². The van der Waals surface area contributed by atoms with E-state index in [1.807, 2.05) is 6.07 Å². The number of ether oxygens (including phenoxy) is 2. The molecule has 0 saturated carbocycles. The van der Waals surface area contributed by atoms with Crippen molar-refractivity contribution in [2.45, 2.75) is 0 Å². The molecule has 0 fully saturated rings. The second-order valence-corrected chi connectivity index (χ2v) is 4.66. The molecule has 0 heterocycles. The lowest BCUT2D eigenvalue weighted by Crippen LogP contribution is -1.92. The molecule has 0 aliphatic rings. The van der Waals surface area contributed by atoms with Crippen LogP contribution in [0.25, 0.3) is 0 Å². The average Bonchev–Trinajstić information content (AvgIpc) is 2.13. The Morgan fingerprint density at radius 1 is 1.00 bits per heavy atom. The molecule has 0 radical (unpaired) electrons. The van der Waals surface area contributed by atoms with Crippen LogP contribution in [0.3, 0.4) is 0 Å². The Morgan fingerprint density at radius 3 is 2.08 bits per heavy atom. The molecule has 0 atom stereocenters. The van der Waals surface area contributed by atoms with Crippen LogP contribution < -0.4 is 9.47 Å². The number of benzene rings is 1. The molecule has 1 aromatic rings. The second kappa shape index (κ2) is 4.66. The van der Waals surface area contributed by atoms with E-state index in [4.69, 9.17) is 9.47 Å². The Kier molecular flexibility index (Phi) is 4.06. The van der Waals surface area contributed by atoms with E-state index in [0.29, 0.717) is 11.5 Å². The van der Waals surface area contributed by atoms with Gasteiger partial charge in [0.15, 0.2) is 11.5 Å². The predicted octanol–water partition coefficient (Wildman–Crippen LogP) is 3.99. The van der Waals surface area contributed by atoms with Gasteiger partial charge in [-0.05, 0) is 53.9 Å². The van der Waals surface area contributed by atoms with Crippen molar-refractivity contribution in [1.82, 2.24) is 0 Å². The van der Waals surface area contributed by atoms with Gasteiger partial charge in [-0.15, -0.1) is 0 Å². The highest BCUT2D eigenvalue weighted by Gasteiger charge is 2.14. The topological polar surface area (TPSA) is 18.5 Å². The molecule has 0 aliphatic carbocycles. The van der Waals surface area contributed by atoms with Gasteiger partial charge in [0.05, 0.1) is 18.7 Å². The lowest BCUT2D eigenvalue weighted by Gasteiger charge is -2.11. The summed E-state index contributed by atoms with van der Waals surface area (Å²) in [6.07, 6.45) is 0. The molecule has 0 aliphatic heterocycles. The third kappa shape index (κ3) is 2.19. The van der Waals surface area contributed by atoms with Gasteiger partial charge >= 0.3 is 0 Å². The molecule has 1 aromatic carbocycles. The van der Waals surface area contributed by atoms with E-state index in [1.165, 1.54) is 0 Å². The van der Waals surface area contributed by atoms with Crippen LogP contribution in [-0.2, 0) is 0 Å². The quantitative estimate of drug-likeness (QED) is 0.729. The summed E-state index contributed by atoms with van der Waals surface area (Å²) in [5.41, 5.74) is 0. The molecular weight excluding hydrogens is 368 g/mol. The van der Waals surface area contributed by atoms with Crippen molar-refractivity contribution in [2.24, 2.45) is 0 Å². The highest BCUT2D eigenvalue weighted by Crippen LogP contribution is 2.44. The molecule has 0 amide bonds. The van der Waals surface area contributed by atoms with E-state index in [2.05, 4.69) is 47.8 Å². The molecule has 0 N–H and O–H groups in total. The maximum absolute atomic E-state index is 5.18. The summed E-state index contributed by atoms with van der Waals surface area (Å²) in [5, 5.41) is 0. The van der Waals surface area contributed by atoms with Gasteiger partial charge in [-0.2, -0.15) is 0 Å². The van der Waals surface area contributed by atoms with Crippen LogP contribution in [0, 0.1) is 0 Å². The summed E-state index contributed by atoms with van der Waals surface area (Å²) in [4.78, 5) is 0. The Bertz CT molecular complexity index is 326. The van der Waals surface area contributed by atoms with Gasteiger partial charge < -0.3 is 9.47 Å². The van der Waals surface area contributed by atoms with Crippen molar-refractivity contribution >= 4 is 47.8 Å². The molecule has 0 spiro atoms. The monoisotopic (exact) mass is 372 g/mol. The van der Waals surface area contributed by atoms with Gasteiger partial charge in [-0.25, -0.2) is 0 Å². The lowest BCUT2D eigenvalue weighted by molar-refractivity contribution is 0.352. The van der Waals surface area contributed by atoms with Gasteiger partial charge in [0.2, 0.25) is 0 Å². The van der Waals surface area contributed by atoms with Crippen molar-refractivity contribution < 1.29 is 9.47 Å². The van der Waals surface area contributed by atoms with Gasteiger partial charge in [0.1, 0.15) is 0 Å². The molecule has 0 aromatic heterocycles. The van der Waals surface area contributed by atoms with E-state index < -0.39 is 0 Å². The average molecular weight is 375 g/mol. The Hall–Kier alpha value is 0.260. The van der Waals surface area contributed by atoms with Gasteiger partial charge in [-0.3, -0.25) is 0 Å². The lowest BCUT2D eigenvalue weighted by atomic mass is 10.3. The van der Waals surface area contributed by atoms with Crippen LogP contribution in [0.2, 0.25) is 0 Å². The van der Waals surface area contributed by atoms with Crippen LogP contribution in [0.1, 0.15) is 0 Å². The molecule has 0 bridgehead atoms. The zero-order valence-corrected chi connectivity index (χ0v) is 11.8. The highest BCUT2D eigenvalue weighted by molar-refractivity contribution is 9.14. The van der Waals surface area contributed by atoms with Crippen LogP contribution in [0.15, 0.2) is 19.5 Å². The number of hydrogen-bond acceptors (Lipinski definition) is 2. The summed E-state index contributed by atoms with van der Waals surface area (Å²) >= 11 is 10.2. The highest BCUT2D eigenvalue weighted by atomic mass is 79.9. The summed E-state index contributed by atoms with van der Waals surface area (Å²) in [5.74, 6) is 1.36. The first-order chi connectivity index (χ1) is 6.11. The van der Waals surface area contributed by atoms with Crippen molar-refractivity contribution in [3.05, 3.63) is 19.5 Å². The van der Waals surface area contributed by atoms with Crippen LogP contribution >= 0.6 is 47.8 Å². The number of rotatable bonds is 2. The second-order valence-electron chi connectivity index (χ2n) is 2.22. The smallest absolute Gasteiger partial charge is 0.176 e.